The van der Waals surface area contributed by atoms with Gasteiger partial charge in [-0.15, -0.1) is 0 Å². The molecule has 0 amide bonds. The standard InChI is InChI=1S/C16H21FN2O4S/c1-11-13-8-12(17)4-5-14(13)23-15(11)24(20,21)19-9-16(10-22-2)6-3-7-18-16/h4-5,8,18-19H,3,6-7,9-10H2,1-2H3. The van der Waals surface area contributed by atoms with Gasteiger partial charge in [0.05, 0.1) is 12.1 Å². The first-order chi connectivity index (χ1) is 11.4. The monoisotopic (exact) mass is 356 g/mol. The summed E-state index contributed by atoms with van der Waals surface area (Å²) in [6.45, 7) is 3.06. The lowest BCUT2D eigenvalue weighted by Gasteiger charge is -2.28. The lowest BCUT2D eigenvalue weighted by atomic mass is 9.99. The zero-order chi connectivity index (χ0) is 17.4. The summed E-state index contributed by atoms with van der Waals surface area (Å²) < 4.78 is 52.0. The summed E-state index contributed by atoms with van der Waals surface area (Å²) in [4.78, 5) is 0. The molecule has 0 spiro atoms. The Bertz CT molecular complexity index is 841. The molecule has 2 N–H and O–H groups in total. The summed E-state index contributed by atoms with van der Waals surface area (Å²) in [6, 6.07) is 3.95. The topological polar surface area (TPSA) is 80.6 Å². The molecule has 0 aliphatic carbocycles. The number of hydrogen-bond donors (Lipinski definition) is 2. The number of nitrogens with one attached hydrogen (secondary N) is 2. The molecule has 1 aliphatic rings. The number of ether oxygens (including phenoxy) is 1. The van der Waals surface area contributed by atoms with E-state index in [0.29, 0.717) is 23.1 Å². The molecule has 2 heterocycles. The molecule has 1 unspecified atom stereocenters. The van der Waals surface area contributed by atoms with Crippen LogP contribution < -0.4 is 10.0 Å². The fourth-order valence-electron chi connectivity index (χ4n) is 3.20. The zero-order valence-electron chi connectivity index (χ0n) is 13.7. The maximum atomic E-state index is 13.4. The molecular formula is C16H21FN2O4S. The fourth-order valence-corrected chi connectivity index (χ4v) is 4.51. The predicted molar refractivity (Wildman–Crippen MR) is 87.9 cm³/mol. The van der Waals surface area contributed by atoms with Crippen molar-refractivity contribution in [3.63, 3.8) is 0 Å². The van der Waals surface area contributed by atoms with Gasteiger partial charge in [0.2, 0.25) is 5.09 Å². The summed E-state index contributed by atoms with van der Waals surface area (Å²) in [6.07, 6.45) is 1.79. The minimum absolute atomic E-state index is 0.173. The highest BCUT2D eigenvalue weighted by Gasteiger charge is 2.35. The van der Waals surface area contributed by atoms with E-state index in [1.807, 2.05) is 0 Å². The van der Waals surface area contributed by atoms with E-state index in [2.05, 4.69) is 10.0 Å². The summed E-state index contributed by atoms with van der Waals surface area (Å²) >= 11 is 0. The Kier molecular flexibility index (Phi) is 4.65. The highest BCUT2D eigenvalue weighted by atomic mass is 32.2. The van der Waals surface area contributed by atoms with Crippen molar-refractivity contribution < 1.29 is 22.0 Å². The largest absolute Gasteiger partial charge is 0.443 e. The van der Waals surface area contributed by atoms with Crippen molar-refractivity contribution >= 4 is 21.0 Å². The number of halogens is 1. The Labute approximate surface area is 140 Å². The Balaban J connectivity index is 1.87. The third-order valence-electron chi connectivity index (χ3n) is 4.45. The van der Waals surface area contributed by atoms with Crippen molar-refractivity contribution in [2.45, 2.75) is 30.4 Å². The van der Waals surface area contributed by atoms with Crippen LogP contribution in [0, 0.1) is 12.7 Å². The van der Waals surface area contributed by atoms with Gasteiger partial charge in [-0.05, 0) is 44.5 Å². The van der Waals surface area contributed by atoms with Crippen molar-refractivity contribution in [1.82, 2.24) is 10.0 Å². The summed E-state index contributed by atoms with van der Waals surface area (Å²) in [5, 5.41) is 3.60. The van der Waals surface area contributed by atoms with Gasteiger partial charge in [-0.1, -0.05) is 0 Å². The van der Waals surface area contributed by atoms with Crippen LogP contribution >= 0.6 is 0 Å². The first-order valence-corrected chi connectivity index (χ1v) is 9.27. The van der Waals surface area contributed by atoms with Crippen LogP contribution in [0.2, 0.25) is 0 Å². The van der Waals surface area contributed by atoms with Crippen LogP contribution in [-0.2, 0) is 14.8 Å². The molecule has 1 fully saturated rings. The van der Waals surface area contributed by atoms with Gasteiger partial charge < -0.3 is 14.5 Å². The van der Waals surface area contributed by atoms with E-state index < -0.39 is 21.4 Å². The molecule has 1 aliphatic heterocycles. The van der Waals surface area contributed by atoms with Gasteiger partial charge in [-0.3, -0.25) is 0 Å². The first-order valence-electron chi connectivity index (χ1n) is 7.79. The van der Waals surface area contributed by atoms with Crippen LogP contribution in [0.5, 0.6) is 0 Å². The molecular weight excluding hydrogens is 335 g/mol. The van der Waals surface area contributed by atoms with Crippen LogP contribution in [0.1, 0.15) is 18.4 Å². The van der Waals surface area contributed by atoms with Crippen LogP contribution in [-0.4, -0.2) is 40.8 Å². The predicted octanol–water partition coefficient (Wildman–Crippen LogP) is 1.93. The summed E-state index contributed by atoms with van der Waals surface area (Å²) in [5.41, 5.74) is 0.338. The van der Waals surface area contributed by atoms with E-state index in [4.69, 9.17) is 9.15 Å². The number of rotatable bonds is 6. The van der Waals surface area contributed by atoms with E-state index in [9.17, 15) is 12.8 Å². The molecule has 0 radical (unpaired) electrons. The SMILES string of the molecule is COCC1(CNS(=O)(=O)c2oc3ccc(F)cc3c2C)CCCN1. The maximum absolute atomic E-state index is 13.4. The summed E-state index contributed by atoms with van der Waals surface area (Å²) in [7, 11) is -2.25. The van der Waals surface area contributed by atoms with Crippen molar-refractivity contribution in [2.75, 3.05) is 26.8 Å². The highest BCUT2D eigenvalue weighted by Crippen LogP contribution is 2.29. The third kappa shape index (κ3) is 3.19. The maximum Gasteiger partial charge on any atom is 0.274 e. The molecule has 1 aromatic heterocycles. The average Bonchev–Trinajstić information content (AvgIpc) is 3.12. The molecule has 0 bridgehead atoms. The van der Waals surface area contributed by atoms with E-state index in [-0.39, 0.29) is 11.6 Å². The molecule has 3 rings (SSSR count). The smallest absolute Gasteiger partial charge is 0.274 e. The number of sulfonamides is 1. The van der Waals surface area contributed by atoms with Gasteiger partial charge >= 0.3 is 0 Å². The van der Waals surface area contributed by atoms with Gasteiger partial charge in [0.1, 0.15) is 11.4 Å². The molecule has 2 aromatic rings. The summed E-state index contributed by atoms with van der Waals surface area (Å²) in [5.74, 6) is -0.433. The first kappa shape index (κ1) is 17.3. The highest BCUT2D eigenvalue weighted by molar-refractivity contribution is 7.89. The third-order valence-corrected chi connectivity index (χ3v) is 5.85. The Hall–Kier alpha value is -1.48. The van der Waals surface area contributed by atoms with Crippen LogP contribution in [0.15, 0.2) is 27.7 Å². The minimum Gasteiger partial charge on any atom is -0.443 e. The van der Waals surface area contributed by atoms with Crippen LogP contribution in [0.4, 0.5) is 4.39 Å². The van der Waals surface area contributed by atoms with Gasteiger partial charge in [-0.2, -0.15) is 0 Å². The zero-order valence-corrected chi connectivity index (χ0v) is 14.5. The number of furan rings is 1. The molecule has 1 aromatic carbocycles. The van der Waals surface area contributed by atoms with Crippen molar-refractivity contribution in [1.29, 1.82) is 0 Å². The fraction of sp³-hybridized carbons (Fsp3) is 0.500. The molecule has 1 saturated heterocycles. The second-order valence-electron chi connectivity index (χ2n) is 6.22. The van der Waals surface area contributed by atoms with E-state index >= 15 is 0 Å². The number of methoxy groups -OCH3 is 1. The Morgan fingerprint density at radius 1 is 1.46 bits per heavy atom. The number of hydrogen-bond acceptors (Lipinski definition) is 5. The van der Waals surface area contributed by atoms with Gasteiger partial charge in [-0.25, -0.2) is 17.5 Å². The lowest BCUT2D eigenvalue weighted by Crippen LogP contribution is -2.52. The Morgan fingerprint density at radius 2 is 2.25 bits per heavy atom. The van der Waals surface area contributed by atoms with Crippen molar-refractivity contribution in [3.8, 4) is 0 Å². The van der Waals surface area contributed by atoms with E-state index in [1.54, 1.807) is 14.0 Å². The molecule has 1 atom stereocenters. The quantitative estimate of drug-likeness (QED) is 0.827. The normalized spacial score (nSPS) is 21.6. The van der Waals surface area contributed by atoms with Crippen LogP contribution in [0.3, 0.4) is 0 Å². The van der Waals surface area contributed by atoms with Crippen molar-refractivity contribution in [3.05, 3.63) is 29.6 Å². The molecule has 24 heavy (non-hydrogen) atoms. The minimum atomic E-state index is -3.84. The molecule has 6 nitrogen and oxygen atoms in total. The number of fused-ring (bicyclic) bond motifs is 1. The van der Waals surface area contributed by atoms with E-state index in [1.165, 1.54) is 18.2 Å². The average molecular weight is 356 g/mol. The molecule has 0 saturated carbocycles. The number of benzene rings is 1. The van der Waals surface area contributed by atoms with E-state index in [0.717, 1.165) is 19.4 Å². The van der Waals surface area contributed by atoms with Crippen molar-refractivity contribution in [2.24, 2.45) is 0 Å². The lowest BCUT2D eigenvalue weighted by molar-refractivity contribution is 0.122. The second kappa shape index (κ2) is 6.44. The van der Waals surface area contributed by atoms with Crippen LogP contribution in [0.25, 0.3) is 11.0 Å². The second-order valence-corrected chi connectivity index (χ2v) is 7.89. The number of aryl methyl sites for hydroxylation is 1. The Morgan fingerprint density at radius 3 is 2.92 bits per heavy atom. The molecule has 8 heteroatoms. The van der Waals surface area contributed by atoms with Gasteiger partial charge in [0.25, 0.3) is 10.0 Å². The molecule has 132 valence electrons. The van der Waals surface area contributed by atoms with Gasteiger partial charge in [0.15, 0.2) is 0 Å². The van der Waals surface area contributed by atoms with Gasteiger partial charge in [0, 0.05) is 24.6 Å².